The number of hydrogen-bond donors (Lipinski definition) is 2. The predicted octanol–water partition coefficient (Wildman–Crippen LogP) is 1.07. The smallest absolute Gasteiger partial charge is 0.323 e. The summed E-state index contributed by atoms with van der Waals surface area (Å²) in [7, 11) is 0. The number of aliphatic carboxylic acids is 1. The molecule has 0 bridgehead atoms. The maximum Gasteiger partial charge on any atom is 0.323 e. The molecule has 92 valence electrons. The molecule has 0 aliphatic heterocycles. The van der Waals surface area contributed by atoms with E-state index < -0.39 is 24.8 Å². The first-order valence-electron chi connectivity index (χ1n) is 4.52. The van der Waals surface area contributed by atoms with Crippen LogP contribution < -0.4 is 4.90 Å². The maximum absolute atomic E-state index is 12.3. The largest absolute Gasteiger partial charge is 0.508 e. The summed E-state index contributed by atoms with van der Waals surface area (Å²) in [6, 6.07) is 4.70. The van der Waals surface area contributed by atoms with Crippen LogP contribution in [-0.2, 0) is 9.59 Å². The number of hydrogen-bond acceptors (Lipinski definition) is 3. The number of carbonyl (C=O) groups excluding carboxylic acids is 1. The Labute approximate surface area is 94.9 Å². The van der Waals surface area contributed by atoms with E-state index in [1.165, 1.54) is 24.3 Å². The first-order chi connectivity index (χ1) is 7.91. The van der Waals surface area contributed by atoms with Crippen molar-refractivity contribution in [2.45, 2.75) is 6.43 Å². The summed E-state index contributed by atoms with van der Waals surface area (Å²) in [6.45, 7) is -0.867. The summed E-state index contributed by atoms with van der Waals surface area (Å²) in [6.07, 6.45) is -3.29. The summed E-state index contributed by atoms with van der Waals surface area (Å²) in [5.41, 5.74) is -0.0181. The number of rotatable bonds is 4. The molecule has 0 saturated carbocycles. The van der Waals surface area contributed by atoms with E-state index in [1.54, 1.807) is 0 Å². The van der Waals surface area contributed by atoms with Gasteiger partial charge >= 0.3 is 12.4 Å². The van der Waals surface area contributed by atoms with Crippen molar-refractivity contribution in [1.29, 1.82) is 0 Å². The highest BCUT2D eigenvalue weighted by molar-refractivity contribution is 5.99. The van der Waals surface area contributed by atoms with Gasteiger partial charge in [-0.25, -0.2) is 0 Å². The van der Waals surface area contributed by atoms with Gasteiger partial charge in [0.15, 0.2) is 0 Å². The number of anilines is 1. The summed E-state index contributed by atoms with van der Waals surface area (Å²) >= 11 is 0. The lowest BCUT2D eigenvalue weighted by molar-refractivity contribution is -0.138. The van der Waals surface area contributed by atoms with Crippen molar-refractivity contribution >= 4 is 17.6 Å². The monoisotopic (exact) mass is 245 g/mol. The minimum atomic E-state index is -3.29. The number of amides is 1. The second-order valence-electron chi connectivity index (χ2n) is 3.14. The first-order valence-corrected chi connectivity index (χ1v) is 4.52. The molecule has 0 unspecified atom stereocenters. The van der Waals surface area contributed by atoms with Gasteiger partial charge in [0.05, 0.1) is 0 Å². The topological polar surface area (TPSA) is 77.8 Å². The van der Waals surface area contributed by atoms with Crippen molar-refractivity contribution in [2.75, 3.05) is 11.4 Å². The van der Waals surface area contributed by atoms with Gasteiger partial charge in [-0.1, -0.05) is 0 Å². The van der Waals surface area contributed by atoms with Gasteiger partial charge in [0.25, 0.3) is 5.91 Å². The molecule has 2 N–H and O–H groups in total. The Hall–Kier alpha value is -2.18. The predicted molar refractivity (Wildman–Crippen MR) is 54.1 cm³/mol. The van der Waals surface area contributed by atoms with Crippen molar-refractivity contribution in [3.05, 3.63) is 24.3 Å². The molecular weight excluding hydrogens is 236 g/mol. The Bertz CT molecular complexity index is 419. The summed E-state index contributed by atoms with van der Waals surface area (Å²) in [5.74, 6) is -3.13. The lowest BCUT2D eigenvalue weighted by Gasteiger charge is -2.20. The SMILES string of the molecule is O=C(O)CN(C(=O)C(F)F)c1ccc(O)cc1. The molecule has 0 aliphatic rings. The van der Waals surface area contributed by atoms with E-state index in [4.69, 9.17) is 10.2 Å². The third kappa shape index (κ3) is 3.40. The number of aromatic hydroxyl groups is 1. The average molecular weight is 245 g/mol. The second kappa shape index (κ2) is 5.24. The van der Waals surface area contributed by atoms with Crippen molar-refractivity contribution in [3.8, 4) is 5.75 Å². The third-order valence-electron chi connectivity index (χ3n) is 1.91. The Morgan fingerprint density at radius 2 is 1.76 bits per heavy atom. The lowest BCUT2D eigenvalue weighted by Crippen LogP contribution is -2.39. The van der Waals surface area contributed by atoms with Crippen LogP contribution in [0.2, 0.25) is 0 Å². The molecule has 0 saturated heterocycles. The molecular formula is C10H9F2NO4. The van der Waals surface area contributed by atoms with Gasteiger partial charge in [-0.2, -0.15) is 8.78 Å². The summed E-state index contributed by atoms with van der Waals surface area (Å²) in [4.78, 5) is 22.0. The van der Waals surface area contributed by atoms with Crippen LogP contribution in [0.1, 0.15) is 0 Å². The number of carboxylic acids is 1. The number of carboxylic acid groups (broad SMARTS) is 1. The fraction of sp³-hybridized carbons (Fsp3) is 0.200. The van der Waals surface area contributed by atoms with Gasteiger partial charge < -0.3 is 10.2 Å². The maximum atomic E-state index is 12.3. The van der Waals surface area contributed by atoms with Crippen LogP contribution in [0.4, 0.5) is 14.5 Å². The molecule has 17 heavy (non-hydrogen) atoms. The normalized spacial score (nSPS) is 10.3. The minimum absolute atomic E-state index is 0.0181. The molecule has 1 amide bonds. The first kappa shape index (κ1) is 12.9. The van der Waals surface area contributed by atoms with Crippen LogP contribution >= 0.6 is 0 Å². The number of nitrogens with zero attached hydrogens (tertiary/aromatic N) is 1. The highest BCUT2D eigenvalue weighted by atomic mass is 19.3. The third-order valence-corrected chi connectivity index (χ3v) is 1.91. The quantitative estimate of drug-likeness (QED) is 0.831. The number of phenols is 1. The number of carbonyl (C=O) groups is 2. The van der Waals surface area contributed by atoms with Crippen LogP contribution in [0.25, 0.3) is 0 Å². The molecule has 1 rings (SSSR count). The van der Waals surface area contributed by atoms with Gasteiger partial charge in [-0.3, -0.25) is 14.5 Å². The zero-order valence-corrected chi connectivity index (χ0v) is 8.51. The van der Waals surface area contributed by atoms with Gasteiger partial charge in [-0.05, 0) is 24.3 Å². The van der Waals surface area contributed by atoms with Crippen LogP contribution in [-0.4, -0.2) is 35.1 Å². The van der Waals surface area contributed by atoms with E-state index in [2.05, 4.69) is 0 Å². The minimum Gasteiger partial charge on any atom is -0.508 e. The number of benzene rings is 1. The molecule has 0 atom stereocenters. The van der Waals surface area contributed by atoms with E-state index >= 15 is 0 Å². The molecule has 7 heteroatoms. The molecule has 0 aromatic heterocycles. The number of phenolic OH excluding ortho intramolecular Hbond substituents is 1. The van der Waals surface area contributed by atoms with E-state index in [1.807, 2.05) is 0 Å². The van der Waals surface area contributed by atoms with Crippen LogP contribution in [0.5, 0.6) is 5.75 Å². The van der Waals surface area contributed by atoms with Crippen LogP contribution in [0.3, 0.4) is 0 Å². The van der Waals surface area contributed by atoms with Gasteiger partial charge in [0, 0.05) is 5.69 Å². The van der Waals surface area contributed by atoms with Gasteiger partial charge in [-0.15, -0.1) is 0 Å². The molecule has 0 heterocycles. The molecule has 1 aromatic carbocycles. The Morgan fingerprint density at radius 1 is 1.24 bits per heavy atom. The van der Waals surface area contributed by atoms with Crippen molar-refractivity contribution in [2.24, 2.45) is 0 Å². The molecule has 0 aliphatic carbocycles. The molecule has 1 aromatic rings. The van der Waals surface area contributed by atoms with Gasteiger partial charge in [0.2, 0.25) is 0 Å². The van der Waals surface area contributed by atoms with Crippen LogP contribution in [0.15, 0.2) is 24.3 Å². The summed E-state index contributed by atoms with van der Waals surface area (Å²) < 4.78 is 24.5. The highest BCUT2D eigenvalue weighted by Crippen LogP contribution is 2.19. The Morgan fingerprint density at radius 3 is 2.18 bits per heavy atom. The fourth-order valence-corrected chi connectivity index (χ4v) is 1.18. The highest BCUT2D eigenvalue weighted by Gasteiger charge is 2.26. The Kier molecular flexibility index (Phi) is 3.97. The molecule has 0 radical (unpaired) electrons. The van der Waals surface area contributed by atoms with E-state index in [-0.39, 0.29) is 11.4 Å². The van der Waals surface area contributed by atoms with E-state index in [9.17, 15) is 18.4 Å². The lowest BCUT2D eigenvalue weighted by atomic mass is 10.2. The van der Waals surface area contributed by atoms with Crippen LogP contribution in [0, 0.1) is 0 Å². The van der Waals surface area contributed by atoms with E-state index in [0.29, 0.717) is 4.90 Å². The second-order valence-corrected chi connectivity index (χ2v) is 3.14. The Balaban J connectivity index is 3.01. The van der Waals surface area contributed by atoms with Crippen molar-refractivity contribution < 1.29 is 28.6 Å². The zero-order chi connectivity index (χ0) is 13.0. The number of alkyl halides is 2. The number of halogens is 2. The van der Waals surface area contributed by atoms with Crippen molar-refractivity contribution in [3.63, 3.8) is 0 Å². The van der Waals surface area contributed by atoms with E-state index in [0.717, 1.165) is 0 Å². The average Bonchev–Trinajstić information content (AvgIpc) is 2.26. The van der Waals surface area contributed by atoms with Crippen molar-refractivity contribution in [1.82, 2.24) is 0 Å². The zero-order valence-electron chi connectivity index (χ0n) is 8.51. The fourth-order valence-electron chi connectivity index (χ4n) is 1.18. The molecule has 5 nitrogen and oxygen atoms in total. The summed E-state index contributed by atoms with van der Waals surface area (Å²) in [5, 5.41) is 17.5. The van der Waals surface area contributed by atoms with Gasteiger partial charge in [0.1, 0.15) is 12.3 Å². The molecule has 0 fully saturated rings. The molecule has 0 spiro atoms. The standard InChI is InChI=1S/C10H9F2NO4/c11-9(12)10(17)13(5-8(15)16)6-1-3-7(14)4-2-6/h1-4,9,14H,5H2,(H,15,16).